The molecule has 0 radical (unpaired) electrons. The average molecular weight is 198 g/mol. The van der Waals surface area contributed by atoms with E-state index in [0.29, 0.717) is 0 Å². The molecule has 0 aliphatic heterocycles. The molecule has 1 saturated carbocycles. The molecule has 74 valence electrons. The van der Waals surface area contributed by atoms with Gasteiger partial charge in [0.25, 0.3) is 0 Å². The molecule has 1 fully saturated rings. The van der Waals surface area contributed by atoms with Gasteiger partial charge in [0.05, 0.1) is 6.10 Å². The summed E-state index contributed by atoms with van der Waals surface area (Å²) in [6.45, 7) is 2.25. The average Bonchev–Trinajstić information content (AvgIpc) is 2.12. The SMILES string of the molecule is CC1=C(P)C2CCC(O)CC2CC1. The van der Waals surface area contributed by atoms with Gasteiger partial charge >= 0.3 is 0 Å². The second-order valence-electron chi connectivity index (χ2n) is 4.61. The summed E-state index contributed by atoms with van der Waals surface area (Å²) in [5, 5.41) is 11.1. The molecule has 2 aliphatic carbocycles. The van der Waals surface area contributed by atoms with E-state index >= 15 is 0 Å². The second kappa shape index (κ2) is 3.71. The monoisotopic (exact) mass is 198 g/mol. The number of aliphatic hydroxyl groups is 1. The van der Waals surface area contributed by atoms with E-state index in [2.05, 4.69) is 16.2 Å². The van der Waals surface area contributed by atoms with Crippen LogP contribution in [-0.2, 0) is 0 Å². The molecule has 1 nitrogen and oxygen atoms in total. The number of fused-ring (bicyclic) bond motifs is 1. The van der Waals surface area contributed by atoms with Gasteiger partial charge in [0.2, 0.25) is 0 Å². The van der Waals surface area contributed by atoms with Gasteiger partial charge in [-0.25, -0.2) is 0 Å². The molecule has 0 heterocycles. The third-order valence-electron chi connectivity index (χ3n) is 3.74. The number of allylic oxidation sites excluding steroid dienone is 2. The highest BCUT2D eigenvalue weighted by molar-refractivity contribution is 7.22. The largest absolute Gasteiger partial charge is 0.393 e. The van der Waals surface area contributed by atoms with E-state index in [-0.39, 0.29) is 6.10 Å². The van der Waals surface area contributed by atoms with Gasteiger partial charge in [0.1, 0.15) is 0 Å². The molecular formula is C11H19OP. The first-order chi connectivity index (χ1) is 6.18. The van der Waals surface area contributed by atoms with E-state index in [1.54, 1.807) is 10.9 Å². The Labute approximate surface area is 82.8 Å². The van der Waals surface area contributed by atoms with E-state index in [9.17, 15) is 5.11 Å². The molecule has 0 amide bonds. The third kappa shape index (κ3) is 1.82. The van der Waals surface area contributed by atoms with Gasteiger partial charge in [-0.05, 0) is 56.2 Å². The van der Waals surface area contributed by atoms with E-state index in [1.807, 2.05) is 0 Å². The van der Waals surface area contributed by atoms with E-state index in [4.69, 9.17) is 0 Å². The van der Waals surface area contributed by atoms with Gasteiger partial charge in [-0.3, -0.25) is 0 Å². The zero-order valence-electron chi connectivity index (χ0n) is 8.29. The Bertz CT molecular complexity index is 234. The minimum absolute atomic E-state index is 0.0162. The normalized spacial score (nSPS) is 40.4. The maximum atomic E-state index is 9.58. The van der Waals surface area contributed by atoms with Crippen molar-refractivity contribution in [2.75, 3.05) is 0 Å². The molecule has 0 saturated heterocycles. The van der Waals surface area contributed by atoms with Crippen LogP contribution >= 0.6 is 9.24 Å². The van der Waals surface area contributed by atoms with Gasteiger partial charge < -0.3 is 5.11 Å². The Morgan fingerprint density at radius 3 is 2.85 bits per heavy atom. The summed E-state index contributed by atoms with van der Waals surface area (Å²) in [6, 6.07) is 0. The highest BCUT2D eigenvalue weighted by Gasteiger charge is 2.33. The zero-order valence-corrected chi connectivity index (χ0v) is 9.45. The van der Waals surface area contributed by atoms with Crippen molar-refractivity contribution < 1.29 is 5.11 Å². The van der Waals surface area contributed by atoms with Crippen LogP contribution in [0.4, 0.5) is 0 Å². The van der Waals surface area contributed by atoms with Crippen LogP contribution in [-0.4, -0.2) is 11.2 Å². The van der Waals surface area contributed by atoms with Crippen molar-refractivity contribution in [3.05, 3.63) is 10.9 Å². The van der Waals surface area contributed by atoms with Crippen molar-refractivity contribution >= 4 is 9.24 Å². The first-order valence-corrected chi connectivity index (χ1v) is 5.89. The maximum Gasteiger partial charge on any atom is 0.0543 e. The van der Waals surface area contributed by atoms with Gasteiger partial charge in [-0.1, -0.05) is 5.57 Å². The van der Waals surface area contributed by atoms with Crippen molar-refractivity contribution in [2.24, 2.45) is 11.8 Å². The second-order valence-corrected chi connectivity index (χ2v) is 5.23. The third-order valence-corrected chi connectivity index (χ3v) is 4.66. The van der Waals surface area contributed by atoms with Crippen LogP contribution in [0, 0.1) is 11.8 Å². The summed E-state index contributed by atoms with van der Waals surface area (Å²) in [4.78, 5) is 0. The van der Waals surface area contributed by atoms with Crippen molar-refractivity contribution in [1.29, 1.82) is 0 Å². The van der Waals surface area contributed by atoms with Crippen LogP contribution < -0.4 is 0 Å². The van der Waals surface area contributed by atoms with Crippen molar-refractivity contribution in [2.45, 2.75) is 45.1 Å². The van der Waals surface area contributed by atoms with Gasteiger partial charge in [-0.2, -0.15) is 0 Å². The molecule has 4 unspecified atom stereocenters. The summed E-state index contributed by atoms with van der Waals surface area (Å²) < 4.78 is 0. The molecule has 4 atom stereocenters. The fraction of sp³-hybridized carbons (Fsp3) is 0.818. The lowest BCUT2D eigenvalue weighted by Gasteiger charge is -2.39. The van der Waals surface area contributed by atoms with Crippen LogP contribution in [0.2, 0.25) is 0 Å². The van der Waals surface area contributed by atoms with Crippen molar-refractivity contribution in [3.63, 3.8) is 0 Å². The molecule has 0 spiro atoms. The number of aliphatic hydroxyl groups excluding tert-OH is 1. The fourth-order valence-corrected chi connectivity index (χ4v) is 3.41. The molecule has 2 aliphatic rings. The predicted molar refractivity (Wildman–Crippen MR) is 58.5 cm³/mol. The lowest BCUT2D eigenvalue weighted by molar-refractivity contribution is 0.0743. The van der Waals surface area contributed by atoms with Crippen LogP contribution in [0.1, 0.15) is 39.0 Å². The van der Waals surface area contributed by atoms with Gasteiger partial charge in [-0.15, -0.1) is 9.24 Å². The topological polar surface area (TPSA) is 20.2 Å². The Balaban J connectivity index is 2.14. The number of hydrogen-bond acceptors (Lipinski definition) is 1. The summed E-state index contributed by atoms with van der Waals surface area (Å²) in [7, 11) is 2.93. The summed E-state index contributed by atoms with van der Waals surface area (Å²) in [6.07, 6.45) is 5.76. The molecular weight excluding hydrogens is 179 g/mol. The molecule has 0 aromatic heterocycles. The Morgan fingerprint density at radius 2 is 2.08 bits per heavy atom. The van der Waals surface area contributed by atoms with E-state index < -0.39 is 0 Å². The van der Waals surface area contributed by atoms with Crippen LogP contribution in [0.5, 0.6) is 0 Å². The Morgan fingerprint density at radius 1 is 1.31 bits per heavy atom. The molecule has 0 aromatic carbocycles. The van der Waals surface area contributed by atoms with Crippen LogP contribution in [0.25, 0.3) is 0 Å². The molecule has 2 heteroatoms. The molecule has 1 N–H and O–H groups in total. The predicted octanol–water partition coefficient (Wildman–Crippen LogP) is 2.71. The van der Waals surface area contributed by atoms with Crippen LogP contribution in [0.3, 0.4) is 0 Å². The first kappa shape index (κ1) is 9.68. The minimum Gasteiger partial charge on any atom is -0.393 e. The maximum absolute atomic E-state index is 9.58. The quantitative estimate of drug-likeness (QED) is 0.593. The fourth-order valence-electron chi connectivity index (χ4n) is 2.83. The van der Waals surface area contributed by atoms with Crippen molar-refractivity contribution in [3.8, 4) is 0 Å². The number of rotatable bonds is 0. The van der Waals surface area contributed by atoms with Crippen LogP contribution in [0.15, 0.2) is 10.9 Å². The molecule has 13 heavy (non-hydrogen) atoms. The standard InChI is InChI=1S/C11H19OP/c1-7-2-3-8-6-9(12)4-5-10(8)11(7)13/h8-10,12H,2-6,13H2,1H3. The highest BCUT2D eigenvalue weighted by atomic mass is 31.0. The zero-order chi connectivity index (χ0) is 9.42. The summed E-state index contributed by atoms with van der Waals surface area (Å²) in [5.74, 6) is 1.53. The highest BCUT2D eigenvalue weighted by Crippen LogP contribution is 2.45. The molecule has 0 aromatic rings. The number of hydrogen-bond donors (Lipinski definition) is 1. The van der Waals surface area contributed by atoms with Gasteiger partial charge in [0.15, 0.2) is 0 Å². The van der Waals surface area contributed by atoms with E-state index in [1.165, 1.54) is 19.3 Å². The van der Waals surface area contributed by atoms with E-state index in [0.717, 1.165) is 24.7 Å². The lowest BCUT2D eigenvalue weighted by Crippen LogP contribution is -2.30. The molecule has 0 bridgehead atoms. The summed E-state index contributed by atoms with van der Waals surface area (Å²) in [5.41, 5.74) is 1.57. The lowest BCUT2D eigenvalue weighted by atomic mass is 9.71. The molecule has 2 rings (SSSR count). The minimum atomic E-state index is -0.0162. The first-order valence-electron chi connectivity index (χ1n) is 5.31. The smallest absolute Gasteiger partial charge is 0.0543 e. The van der Waals surface area contributed by atoms with Crippen molar-refractivity contribution in [1.82, 2.24) is 0 Å². The van der Waals surface area contributed by atoms with Gasteiger partial charge in [0, 0.05) is 0 Å². The summed E-state index contributed by atoms with van der Waals surface area (Å²) >= 11 is 0. The Kier molecular flexibility index (Phi) is 2.76. The Hall–Kier alpha value is 0.130.